The van der Waals surface area contributed by atoms with Gasteiger partial charge in [0.25, 0.3) is 17.7 Å². The Morgan fingerprint density at radius 1 is 0.742 bits per heavy atom. The van der Waals surface area contributed by atoms with Crippen molar-refractivity contribution in [1.29, 1.82) is 0 Å². The molecular formula is C49H56N6O11. The van der Waals surface area contributed by atoms with E-state index in [1.165, 1.54) is 11.6 Å². The molecule has 2 fully saturated rings. The maximum atomic E-state index is 13.9. The van der Waals surface area contributed by atoms with E-state index in [9.17, 15) is 34.2 Å². The van der Waals surface area contributed by atoms with Gasteiger partial charge < -0.3 is 39.4 Å². The molecule has 1 unspecified atom stereocenters. The first kappa shape index (κ1) is 46.2. The van der Waals surface area contributed by atoms with E-state index >= 15 is 0 Å². The average molecular weight is 905 g/mol. The third-order valence-electron chi connectivity index (χ3n) is 12.4. The van der Waals surface area contributed by atoms with Crippen LogP contribution in [-0.4, -0.2) is 144 Å². The number of carbonyl (C=O) groups excluding carboxylic acids is 5. The third-order valence-corrected chi connectivity index (χ3v) is 12.4. The molecule has 348 valence electrons. The fourth-order valence-electron chi connectivity index (χ4n) is 8.71. The van der Waals surface area contributed by atoms with Crippen molar-refractivity contribution < 1.29 is 53.1 Å². The minimum Gasteiger partial charge on any atom is -0.507 e. The molecule has 66 heavy (non-hydrogen) atoms. The topological polar surface area (TPSA) is 200 Å². The minimum absolute atomic E-state index is 0.0527. The van der Waals surface area contributed by atoms with Crippen molar-refractivity contribution in [3.8, 4) is 17.2 Å². The molecule has 4 aromatic carbocycles. The van der Waals surface area contributed by atoms with Crippen LogP contribution in [0, 0.1) is 6.92 Å². The number of fused-ring (bicyclic) bond motifs is 2. The van der Waals surface area contributed by atoms with Gasteiger partial charge in [-0.3, -0.25) is 44.0 Å². The van der Waals surface area contributed by atoms with Gasteiger partial charge in [-0.2, -0.15) is 0 Å². The van der Waals surface area contributed by atoms with Crippen LogP contribution in [0.1, 0.15) is 71.7 Å². The molecule has 4 heterocycles. The van der Waals surface area contributed by atoms with Crippen LogP contribution in [0.3, 0.4) is 0 Å². The summed E-state index contributed by atoms with van der Waals surface area (Å²) in [5.41, 5.74) is 5.79. The number of piperazine rings is 1. The number of carbonyl (C=O) groups is 5. The van der Waals surface area contributed by atoms with E-state index in [0.717, 1.165) is 60.9 Å². The average Bonchev–Trinajstić information content (AvgIpc) is 3.85. The maximum Gasteiger partial charge on any atom is 0.262 e. The second-order valence-corrected chi connectivity index (χ2v) is 16.9. The lowest BCUT2D eigenvalue weighted by atomic mass is 10.0. The lowest BCUT2D eigenvalue weighted by Crippen LogP contribution is -2.54. The van der Waals surface area contributed by atoms with Gasteiger partial charge in [0, 0.05) is 82.6 Å². The number of amides is 5. The molecule has 0 radical (unpaired) electrons. The molecule has 0 aromatic heterocycles. The van der Waals surface area contributed by atoms with Gasteiger partial charge in [-0.05, 0) is 53.8 Å². The number of benzene rings is 4. The van der Waals surface area contributed by atoms with Crippen LogP contribution < -0.4 is 15.4 Å². The minimum atomic E-state index is -1.000. The quantitative estimate of drug-likeness (QED) is 0.0737. The predicted octanol–water partition coefficient (Wildman–Crippen LogP) is 3.82. The summed E-state index contributed by atoms with van der Waals surface area (Å²) in [4.78, 5) is 71.2. The molecule has 0 saturated carbocycles. The van der Waals surface area contributed by atoms with E-state index in [2.05, 4.69) is 38.6 Å². The van der Waals surface area contributed by atoms with Crippen LogP contribution in [0.15, 0.2) is 72.8 Å². The van der Waals surface area contributed by atoms with E-state index in [0.29, 0.717) is 70.5 Å². The van der Waals surface area contributed by atoms with Gasteiger partial charge >= 0.3 is 0 Å². The van der Waals surface area contributed by atoms with Crippen molar-refractivity contribution >= 4 is 35.2 Å². The van der Waals surface area contributed by atoms with Crippen LogP contribution in [-0.2, 0) is 50.0 Å². The molecular weight excluding hydrogens is 849 g/mol. The Hall–Kier alpha value is -6.37. The first-order chi connectivity index (χ1) is 32.0. The number of ether oxygens (including phenoxy) is 4. The number of anilines is 1. The number of aromatic hydroxyl groups is 2. The lowest BCUT2D eigenvalue weighted by molar-refractivity contribution is -0.136. The Balaban J connectivity index is 0.671. The highest BCUT2D eigenvalue weighted by molar-refractivity contribution is 6.23. The molecule has 0 bridgehead atoms. The molecule has 4 N–H and O–H groups in total. The normalized spacial score (nSPS) is 17.6. The molecule has 5 amide bonds. The Morgan fingerprint density at radius 3 is 2.20 bits per heavy atom. The highest BCUT2D eigenvalue weighted by Crippen LogP contribution is 2.40. The fraction of sp³-hybridized carbons (Fsp3) is 0.408. The summed E-state index contributed by atoms with van der Waals surface area (Å²) < 4.78 is 23.2. The number of imide groups is 2. The van der Waals surface area contributed by atoms with Crippen LogP contribution in [0.2, 0.25) is 0 Å². The van der Waals surface area contributed by atoms with E-state index in [4.69, 9.17) is 18.9 Å². The highest BCUT2D eigenvalue weighted by Gasteiger charge is 2.44. The molecule has 17 heteroatoms. The van der Waals surface area contributed by atoms with Gasteiger partial charge in [-0.25, -0.2) is 0 Å². The van der Waals surface area contributed by atoms with Gasteiger partial charge in [0.1, 0.15) is 35.5 Å². The summed E-state index contributed by atoms with van der Waals surface area (Å²) in [5, 5.41) is 26.7. The Morgan fingerprint density at radius 2 is 1.44 bits per heavy atom. The van der Waals surface area contributed by atoms with E-state index in [1.807, 2.05) is 30.3 Å². The summed E-state index contributed by atoms with van der Waals surface area (Å²) in [6, 6.07) is 21.0. The standard InChI is InChI=1S/C49H56N6O11/c1-32-41(56)27-42(57)44(45(32)66-31-33-5-3-2-4-6-33)49(62)54-29-35-8-7-34(25-36(35)30-54)28-53-16-14-52(15-17-53)18-20-64-22-24-65-23-21-63-19-13-50-37-9-10-38-39(26-37)48(61)55(47(38)60)40-11-12-43(58)51-46(40)59/h2-10,25-27,40,50,56-57H,11-24,28-31H2,1H3,(H,51,58,59). The van der Waals surface area contributed by atoms with Gasteiger partial charge in [0.15, 0.2) is 0 Å². The molecule has 2 saturated heterocycles. The van der Waals surface area contributed by atoms with Crippen LogP contribution >= 0.6 is 0 Å². The number of rotatable bonds is 20. The zero-order chi connectivity index (χ0) is 46.2. The highest BCUT2D eigenvalue weighted by atomic mass is 16.5. The molecule has 4 aromatic rings. The molecule has 4 aliphatic heterocycles. The number of phenols is 2. The van der Waals surface area contributed by atoms with Gasteiger partial charge in [0.2, 0.25) is 11.8 Å². The fourth-order valence-corrected chi connectivity index (χ4v) is 8.71. The summed E-state index contributed by atoms with van der Waals surface area (Å²) >= 11 is 0. The van der Waals surface area contributed by atoms with Crippen molar-refractivity contribution in [2.75, 3.05) is 84.2 Å². The number of phenolic OH excluding ortho intramolecular Hbond substituents is 2. The Bertz CT molecular complexity index is 2440. The Kier molecular flexibility index (Phi) is 14.9. The maximum absolute atomic E-state index is 13.9. The number of nitrogens with zero attached hydrogens (tertiary/aromatic N) is 4. The molecule has 1 atom stereocenters. The van der Waals surface area contributed by atoms with Crippen LogP contribution in [0.25, 0.3) is 0 Å². The number of hydrogen-bond donors (Lipinski definition) is 4. The van der Waals surface area contributed by atoms with E-state index in [-0.39, 0.29) is 59.3 Å². The first-order valence-corrected chi connectivity index (χ1v) is 22.4. The summed E-state index contributed by atoms with van der Waals surface area (Å²) in [7, 11) is 0. The second kappa shape index (κ2) is 21.3. The zero-order valence-corrected chi connectivity index (χ0v) is 37.1. The van der Waals surface area contributed by atoms with E-state index < -0.39 is 29.7 Å². The second-order valence-electron chi connectivity index (χ2n) is 16.9. The first-order valence-electron chi connectivity index (χ1n) is 22.4. The van der Waals surface area contributed by atoms with Crippen molar-refractivity contribution in [3.05, 3.63) is 117 Å². The zero-order valence-electron chi connectivity index (χ0n) is 37.1. The van der Waals surface area contributed by atoms with Gasteiger partial charge in [-0.1, -0.05) is 48.5 Å². The lowest BCUT2D eigenvalue weighted by Gasteiger charge is -2.34. The molecule has 0 spiro atoms. The molecule has 0 aliphatic carbocycles. The number of nitrogens with one attached hydrogen (secondary N) is 2. The molecule has 17 nitrogen and oxygen atoms in total. The SMILES string of the molecule is Cc1c(O)cc(O)c(C(=O)N2Cc3ccc(CN4CCN(CCOCCOCCOCCNc5ccc6c(c5)C(=O)N(C5CCC(=O)NC5=O)C6=O)CC4)cc3C2)c1OCc1ccccc1. The largest absolute Gasteiger partial charge is 0.507 e. The number of hydrogen-bond acceptors (Lipinski definition) is 14. The molecule has 8 rings (SSSR count). The van der Waals surface area contributed by atoms with Crippen LogP contribution in [0.5, 0.6) is 17.2 Å². The smallest absolute Gasteiger partial charge is 0.262 e. The molecule has 4 aliphatic rings. The van der Waals surface area contributed by atoms with Crippen LogP contribution in [0.4, 0.5) is 5.69 Å². The van der Waals surface area contributed by atoms with Gasteiger partial charge in [0.05, 0.1) is 50.8 Å². The monoisotopic (exact) mass is 904 g/mol. The van der Waals surface area contributed by atoms with Crippen molar-refractivity contribution in [3.63, 3.8) is 0 Å². The summed E-state index contributed by atoms with van der Waals surface area (Å²) in [5.74, 6) is -2.76. The van der Waals surface area contributed by atoms with E-state index in [1.54, 1.807) is 30.0 Å². The summed E-state index contributed by atoms with van der Waals surface area (Å²) in [6.45, 7) is 11.4. The summed E-state index contributed by atoms with van der Waals surface area (Å²) in [6.07, 6.45) is 0.179. The number of piperidine rings is 1. The predicted molar refractivity (Wildman–Crippen MR) is 241 cm³/mol. The van der Waals surface area contributed by atoms with Gasteiger partial charge in [-0.15, -0.1) is 0 Å². The van der Waals surface area contributed by atoms with Crippen molar-refractivity contribution in [2.24, 2.45) is 0 Å². The van der Waals surface area contributed by atoms with Crippen molar-refractivity contribution in [2.45, 2.75) is 52.0 Å². The Labute approximate surface area is 383 Å². The van der Waals surface area contributed by atoms with Crippen molar-refractivity contribution in [1.82, 2.24) is 24.9 Å². The third kappa shape index (κ3) is 10.8.